The molecule has 1 unspecified atom stereocenters. The Balaban J connectivity index is 2.10. The minimum atomic E-state index is -0.345. The molecule has 3 aromatic rings. The molecule has 0 saturated carbocycles. The largest absolute Gasteiger partial charge is 0.497 e. The molecule has 0 aliphatic heterocycles. The minimum absolute atomic E-state index is 0.345. The topological polar surface area (TPSA) is 48.4 Å². The maximum Gasteiger partial charge on any atom is 0.134 e. The molecule has 0 radical (unpaired) electrons. The molecule has 21 heavy (non-hydrogen) atoms. The second-order valence-corrected chi connectivity index (χ2v) is 5.42. The van der Waals surface area contributed by atoms with E-state index in [1.165, 1.54) is 0 Å². The Bertz CT molecular complexity index is 795. The van der Waals surface area contributed by atoms with Gasteiger partial charge in [-0.15, -0.1) is 0 Å². The van der Waals surface area contributed by atoms with Gasteiger partial charge in [-0.05, 0) is 42.8 Å². The van der Waals surface area contributed by atoms with Gasteiger partial charge < -0.3 is 14.9 Å². The van der Waals surface area contributed by atoms with Crippen molar-refractivity contribution in [2.75, 3.05) is 7.11 Å². The van der Waals surface area contributed by atoms with Gasteiger partial charge in [0.15, 0.2) is 0 Å². The highest BCUT2D eigenvalue weighted by molar-refractivity contribution is 6.30. The fraction of sp³-hybridized carbons (Fsp3) is 0.176. The molecule has 0 amide bonds. The third kappa shape index (κ3) is 2.50. The number of aryl methyl sites for hydroxylation is 1. The minimum Gasteiger partial charge on any atom is -0.497 e. The fourth-order valence-corrected chi connectivity index (χ4v) is 2.69. The van der Waals surface area contributed by atoms with E-state index in [1.54, 1.807) is 7.11 Å². The number of hydrogen-bond acceptors (Lipinski definition) is 3. The van der Waals surface area contributed by atoms with Gasteiger partial charge in [-0.3, -0.25) is 0 Å². The number of fused-ring (bicyclic) bond motifs is 1. The van der Waals surface area contributed by atoms with Crippen LogP contribution in [0.3, 0.4) is 0 Å². The van der Waals surface area contributed by atoms with Crippen LogP contribution >= 0.6 is 11.6 Å². The van der Waals surface area contributed by atoms with Gasteiger partial charge in [0.1, 0.15) is 17.1 Å². The average Bonchev–Trinajstić information content (AvgIpc) is 2.83. The number of ether oxygens (including phenoxy) is 1. The summed E-state index contributed by atoms with van der Waals surface area (Å²) >= 11 is 6.03. The number of benzene rings is 2. The molecule has 1 heterocycles. The first-order valence-corrected chi connectivity index (χ1v) is 7.06. The Labute approximate surface area is 128 Å². The van der Waals surface area contributed by atoms with Gasteiger partial charge in [-0.2, -0.15) is 0 Å². The highest BCUT2D eigenvalue weighted by atomic mass is 35.5. The quantitative estimate of drug-likeness (QED) is 0.777. The van der Waals surface area contributed by atoms with Gasteiger partial charge in [0.2, 0.25) is 0 Å². The first-order chi connectivity index (χ1) is 10.1. The van der Waals surface area contributed by atoms with Gasteiger partial charge in [0, 0.05) is 16.0 Å². The average molecular weight is 302 g/mol. The Kier molecular flexibility index (Phi) is 3.62. The van der Waals surface area contributed by atoms with E-state index in [9.17, 15) is 0 Å². The molecule has 0 bridgehead atoms. The summed E-state index contributed by atoms with van der Waals surface area (Å²) in [4.78, 5) is 0. The molecular formula is C17H16ClNO2. The summed E-state index contributed by atoms with van der Waals surface area (Å²) in [5.41, 5.74) is 9.09. The SMILES string of the molecule is COc1ccc2oc(C(N)c3cccc(Cl)c3)c(C)c2c1. The number of hydrogen-bond donors (Lipinski definition) is 1. The lowest BCUT2D eigenvalue weighted by molar-refractivity contribution is 0.415. The van der Waals surface area contributed by atoms with Crippen molar-refractivity contribution in [2.24, 2.45) is 5.73 Å². The zero-order valence-corrected chi connectivity index (χ0v) is 12.6. The molecular weight excluding hydrogens is 286 g/mol. The molecule has 3 rings (SSSR count). The van der Waals surface area contributed by atoms with Gasteiger partial charge in [-0.25, -0.2) is 0 Å². The lowest BCUT2D eigenvalue weighted by atomic mass is 10.0. The van der Waals surface area contributed by atoms with E-state index >= 15 is 0 Å². The van der Waals surface area contributed by atoms with Crippen molar-refractivity contribution >= 4 is 22.6 Å². The van der Waals surface area contributed by atoms with Crippen LogP contribution in [0.1, 0.15) is 22.9 Å². The lowest BCUT2D eigenvalue weighted by Gasteiger charge is -2.10. The molecule has 0 aliphatic carbocycles. The summed E-state index contributed by atoms with van der Waals surface area (Å²) < 4.78 is 11.2. The molecule has 0 aliphatic rings. The lowest BCUT2D eigenvalue weighted by Crippen LogP contribution is -2.11. The molecule has 0 saturated heterocycles. The van der Waals surface area contributed by atoms with Crippen molar-refractivity contribution in [3.05, 3.63) is 64.4 Å². The smallest absolute Gasteiger partial charge is 0.134 e. The van der Waals surface area contributed by atoms with Gasteiger partial charge in [0.05, 0.1) is 13.2 Å². The highest BCUT2D eigenvalue weighted by Crippen LogP contribution is 2.33. The van der Waals surface area contributed by atoms with Crippen LogP contribution in [0.2, 0.25) is 5.02 Å². The summed E-state index contributed by atoms with van der Waals surface area (Å²) in [5, 5.41) is 1.68. The van der Waals surface area contributed by atoms with E-state index in [4.69, 9.17) is 26.5 Å². The second kappa shape index (κ2) is 5.43. The van der Waals surface area contributed by atoms with Crippen LogP contribution < -0.4 is 10.5 Å². The summed E-state index contributed by atoms with van der Waals surface area (Å²) in [6.45, 7) is 2.00. The molecule has 4 heteroatoms. The van der Waals surface area contributed by atoms with Crippen LogP contribution in [0.25, 0.3) is 11.0 Å². The molecule has 2 N–H and O–H groups in total. The Morgan fingerprint density at radius 2 is 2.00 bits per heavy atom. The third-order valence-electron chi connectivity index (χ3n) is 3.67. The van der Waals surface area contributed by atoms with E-state index < -0.39 is 0 Å². The van der Waals surface area contributed by atoms with Crippen molar-refractivity contribution < 1.29 is 9.15 Å². The zero-order valence-electron chi connectivity index (χ0n) is 11.9. The van der Waals surface area contributed by atoms with E-state index in [0.717, 1.165) is 33.6 Å². The monoisotopic (exact) mass is 301 g/mol. The van der Waals surface area contributed by atoms with Crippen LogP contribution in [-0.2, 0) is 0 Å². The third-order valence-corrected chi connectivity index (χ3v) is 3.91. The fourth-order valence-electron chi connectivity index (χ4n) is 2.49. The Morgan fingerprint density at radius 1 is 1.19 bits per heavy atom. The first-order valence-electron chi connectivity index (χ1n) is 6.68. The van der Waals surface area contributed by atoms with Crippen molar-refractivity contribution in [1.29, 1.82) is 0 Å². The number of furan rings is 1. The van der Waals surface area contributed by atoms with E-state index in [2.05, 4.69) is 0 Å². The number of nitrogens with two attached hydrogens (primary N) is 1. The van der Waals surface area contributed by atoms with E-state index in [1.807, 2.05) is 49.4 Å². The number of rotatable bonds is 3. The molecule has 0 fully saturated rings. The summed E-state index contributed by atoms with van der Waals surface area (Å²) in [5.74, 6) is 1.55. The first kappa shape index (κ1) is 14.0. The molecule has 1 aromatic heterocycles. The number of methoxy groups -OCH3 is 1. The van der Waals surface area contributed by atoms with Gasteiger partial charge >= 0.3 is 0 Å². The van der Waals surface area contributed by atoms with Crippen LogP contribution in [0.15, 0.2) is 46.9 Å². The highest BCUT2D eigenvalue weighted by Gasteiger charge is 2.19. The normalized spacial score (nSPS) is 12.6. The molecule has 1 atom stereocenters. The van der Waals surface area contributed by atoms with E-state index in [0.29, 0.717) is 5.02 Å². The molecule has 0 spiro atoms. The number of halogens is 1. The van der Waals surface area contributed by atoms with Crippen molar-refractivity contribution in [2.45, 2.75) is 13.0 Å². The summed E-state index contributed by atoms with van der Waals surface area (Å²) in [6, 6.07) is 12.9. The van der Waals surface area contributed by atoms with Crippen molar-refractivity contribution in [3.63, 3.8) is 0 Å². The molecule has 3 nitrogen and oxygen atoms in total. The Hall–Kier alpha value is -1.97. The Morgan fingerprint density at radius 3 is 2.71 bits per heavy atom. The van der Waals surface area contributed by atoms with Crippen molar-refractivity contribution in [3.8, 4) is 5.75 Å². The van der Waals surface area contributed by atoms with Crippen molar-refractivity contribution in [1.82, 2.24) is 0 Å². The standard InChI is InChI=1S/C17H16ClNO2/c1-10-14-9-13(20-2)6-7-15(14)21-17(10)16(19)11-4-3-5-12(18)8-11/h3-9,16H,19H2,1-2H3. The second-order valence-electron chi connectivity index (χ2n) is 4.99. The van der Waals surface area contributed by atoms with Crippen LogP contribution in [-0.4, -0.2) is 7.11 Å². The van der Waals surface area contributed by atoms with Gasteiger partial charge in [-0.1, -0.05) is 23.7 Å². The zero-order chi connectivity index (χ0) is 15.0. The predicted molar refractivity (Wildman–Crippen MR) is 85.0 cm³/mol. The maximum atomic E-state index is 6.34. The molecule has 2 aromatic carbocycles. The maximum absolute atomic E-state index is 6.34. The van der Waals surface area contributed by atoms with Crippen LogP contribution in [0.5, 0.6) is 5.75 Å². The summed E-state index contributed by atoms with van der Waals surface area (Å²) in [7, 11) is 1.65. The summed E-state index contributed by atoms with van der Waals surface area (Å²) in [6.07, 6.45) is 0. The van der Waals surface area contributed by atoms with Crippen LogP contribution in [0.4, 0.5) is 0 Å². The van der Waals surface area contributed by atoms with Gasteiger partial charge in [0.25, 0.3) is 0 Å². The molecule has 108 valence electrons. The predicted octanol–water partition coefficient (Wildman–Crippen LogP) is 4.45. The van der Waals surface area contributed by atoms with E-state index in [-0.39, 0.29) is 6.04 Å². The van der Waals surface area contributed by atoms with Crippen LogP contribution in [0, 0.1) is 6.92 Å².